The molecule has 172 valence electrons. The minimum atomic E-state index is -0.218. The van der Waals surface area contributed by atoms with Gasteiger partial charge in [-0.25, -0.2) is 9.97 Å². The number of nitrogens with one attached hydrogen (secondary N) is 2. The molecule has 0 saturated heterocycles. The van der Waals surface area contributed by atoms with Crippen molar-refractivity contribution in [2.75, 3.05) is 32.6 Å². The van der Waals surface area contributed by atoms with Crippen LogP contribution in [0.3, 0.4) is 0 Å². The zero-order chi connectivity index (χ0) is 23.6. The number of ether oxygens (including phenoxy) is 2. The lowest BCUT2D eigenvalue weighted by Crippen LogP contribution is -2.28. The summed E-state index contributed by atoms with van der Waals surface area (Å²) >= 11 is 0. The van der Waals surface area contributed by atoms with E-state index >= 15 is 0 Å². The average Bonchev–Trinajstić information content (AvgIpc) is 2.83. The molecule has 0 fully saturated rings. The van der Waals surface area contributed by atoms with Gasteiger partial charge in [-0.2, -0.15) is 0 Å². The van der Waals surface area contributed by atoms with E-state index in [1.54, 1.807) is 20.4 Å². The lowest BCUT2D eigenvalue weighted by atomic mass is 10.0. The fraction of sp³-hybridized carbons (Fsp3) is 0.280. The molecule has 0 saturated carbocycles. The van der Waals surface area contributed by atoms with Gasteiger partial charge in [0.05, 0.1) is 26.5 Å². The first kappa shape index (κ1) is 23.7. The third-order valence-corrected chi connectivity index (χ3v) is 4.96. The summed E-state index contributed by atoms with van der Waals surface area (Å²) in [6.07, 6.45) is 2.71. The first-order valence-electron chi connectivity index (χ1n) is 10.6. The number of aromatic nitrogens is 2. The SMILES string of the molecule is COc1ccc(CCNc2nccc(-c3cccc(CC(=O)CNC(C)=O)c3)n2)cc1OC. The van der Waals surface area contributed by atoms with Crippen molar-refractivity contribution in [3.63, 3.8) is 0 Å². The number of methoxy groups -OCH3 is 2. The van der Waals surface area contributed by atoms with E-state index in [0.717, 1.165) is 28.8 Å². The van der Waals surface area contributed by atoms with Crippen molar-refractivity contribution in [3.05, 3.63) is 65.9 Å². The van der Waals surface area contributed by atoms with Crippen LogP contribution in [-0.2, 0) is 22.4 Å². The largest absolute Gasteiger partial charge is 0.493 e. The second-order valence-corrected chi connectivity index (χ2v) is 7.46. The van der Waals surface area contributed by atoms with Gasteiger partial charge in [-0.05, 0) is 41.8 Å². The standard InChI is InChI=1S/C25H28N4O4/c1-17(30)28-16-21(31)14-19-5-4-6-20(13-19)22-10-12-27-25(29-22)26-11-9-18-7-8-23(32-2)24(15-18)33-3/h4-8,10,12-13,15H,9,11,14,16H2,1-3H3,(H,28,30)(H,26,27,29). The number of amides is 1. The third-order valence-electron chi connectivity index (χ3n) is 4.96. The quantitative estimate of drug-likeness (QED) is 0.465. The number of hydrogen-bond donors (Lipinski definition) is 2. The maximum Gasteiger partial charge on any atom is 0.223 e. The Morgan fingerprint density at radius 3 is 2.55 bits per heavy atom. The van der Waals surface area contributed by atoms with Crippen LogP contribution in [0.5, 0.6) is 11.5 Å². The maximum atomic E-state index is 12.1. The van der Waals surface area contributed by atoms with Gasteiger partial charge in [0.2, 0.25) is 11.9 Å². The van der Waals surface area contributed by atoms with Gasteiger partial charge in [0.15, 0.2) is 17.3 Å². The van der Waals surface area contributed by atoms with Crippen LogP contribution >= 0.6 is 0 Å². The van der Waals surface area contributed by atoms with Crippen molar-refractivity contribution in [2.45, 2.75) is 19.8 Å². The zero-order valence-corrected chi connectivity index (χ0v) is 19.1. The monoisotopic (exact) mass is 448 g/mol. The summed E-state index contributed by atoms with van der Waals surface area (Å²) in [5.41, 5.74) is 3.62. The lowest BCUT2D eigenvalue weighted by molar-refractivity contribution is -0.123. The van der Waals surface area contributed by atoms with E-state index in [0.29, 0.717) is 24.0 Å². The van der Waals surface area contributed by atoms with Crippen LogP contribution in [-0.4, -0.2) is 49.0 Å². The van der Waals surface area contributed by atoms with Gasteiger partial charge >= 0.3 is 0 Å². The van der Waals surface area contributed by atoms with Crippen molar-refractivity contribution in [1.82, 2.24) is 15.3 Å². The van der Waals surface area contributed by atoms with E-state index < -0.39 is 0 Å². The van der Waals surface area contributed by atoms with Gasteiger partial charge in [-0.1, -0.05) is 24.3 Å². The van der Waals surface area contributed by atoms with E-state index in [2.05, 4.69) is 20.6 Å². The Balaban J connectivity index is 1.62. The number of benzene rings is 2. The lowest BCUT2D eigenvalue weighted by Gasteiger charge is -2.10. The molecule has 0 atom stereocenters. The van der Waals surface area contributed by atoms with Crippen LogP contribution < -0.4 is 20.1 Å². The van der Waals surface area contributed by atoms with Crippen LogP contribution in [0, 0.1) is 0 Å². The van der Waals surface area contributed by atoms with Gasteiger partial charge in [0, 0.05) is 31.6 Å². The topological polar surface area (TPSA) is 102 Å². The van der Waals surface area contributed by atoms with Crippen LogP contribution in [0.4, 0.5) is 5.95 Å². The van der Waals surface area contributed by atoms with E-state index in [1.807, 2.05) is 48.5 Å². The predicted molar refractivity (Wildman–Crippen MR) is 127 cm³/mol. The number of hydrogen-bond acceptors (Lipinski definition) is 7. The molecule has 1 amide bonds. The fourth-order valence-electron chi connectivity index (χ4n) is 3.31. The molecule has 8 heteroatoms. The summed E-state index contributed by atoms with van der Waals surface area (Å²) in [7, 11) is 3.23. The smallest absolute Gasteiger partial charge is 0.223 e. The first-order chi connectivity index (χ1) is 16.0. The summed E-state index contributed by atoms with van der Waals surface area (Å²) in [4.78, 5) is 32.0. The molecule has 0 unspecified atom stereocenters. The fourth-order valence-corrected chi connectivity index (χ4v) is 3.31. The van der Waals surface area contributed by atoms with Crippen molar-refractivity contribution >= 4 is 17.6 Å². The molecule has 1 heterocycles. The minimum absolute atomic E-state index is 0.0290. The first-order valence-corrected chi connectivity index (χ1v) is 10.6. The summed E-state index contributed by atoms with van der Waals surface area (Å²) in [5, 5.41) is 5.79. The zero-order valence-electron chi connectivity index (χ0n) is 19.1. The second-order valence-electron chi connectivity index (χ2n) is 7.46. The molecule has 3 rings (SSSR count). The highest BCUT2D eigenvalue weighted by Crippen LogP contribution is 2.27. The Morgan fingerprint density at radius 2 is 1.79 bits per heavy atom. The van der Waals surface area contributed by atoms with Crippen molar-refractivity contribution < 1.29 is 19.1 Å². The van der Waals surface area contributed by atoms with Crippen LogP contribution in [0.1, 0.15) is 18.1 Å². The number of anilines is 1. The average molecular weight is 449 g/mol. The molecule has 0 aliphatic heterocycles. The number of nitrogens with zero attached hydrogens (tertiary/aromatic N) is 2. The molecule has 1 aromatic heterocycles. The van der Waals surface area contributed by atoms with E-state index in [4.69, 9.17) is 9.47 Å². The number of carbonyl (C=O) groups excluding carboxylic acids is 2. The van der Waals surface area contributed by atoms with E-state index in [1.165, 1.54) is 6.92 Å². The van der Waals surface area contributed by atoms with Crippen molar-refractivity contribution in [1.29, 1.82) is 0 Å². The number of rotatable bonds is 11. The molecule has 0 aliphatic rings. The highest BCUT2D eigenvalue weighted by molar-refractivity contribution is 5.86. The predicted octanol–water partition coefficient (Wildman–Crippen LogP) is 3.06. The molecule has 2 N–H and O–H groups in total. The van der Waals surface area contributed by atoms with Crippen LogP contribution in [0.15, 0.2) is 54.7 Å². The minimum Gasteiger partial charge on any atom is -0.493 e. The number of ketones is 1. The van der Waals surface area contributed by atoms with Gasteiger partial charge in [-0.3, -0.25) is 9.59 Å². The highest BCUT2D eigenvalue weighted by Gasteiger charge is 2.08. The summed E-state index contributed by atoms with van der Waals surface area (Å²) < 4.78 is 10.6. The van der Waals surface area contributed by atoms with Crippen LogP contribution in [0.25, 0.3) is 11.3 Å². The highest BCUT2D eigenvalue weighted by atomic mass is 16.5. The molecule has 0 aliphatic carbocycles. The molecule has 2 aromatic carbocycles. The third kappa shape index (κ3) is 7.03. The molecule has 33 heavy (non-hydrogen) atoms. The summed E-state index contributed by atoms with van der Waals surface area (Å²) in [6.45, 7) is 2.07. The molecule has 3 aromatic rings. The molecule has 8 nitrogen and oxygen atoms in total. The molecule has 0 spiro atoms. The maximum absolute atomic E-state index is 12.1. The van der Waals surface area contributed by atoms with E-state index in [-0.39, 0.29) is 24.7 Å². The number of Topliss-reactive ketones (excluding diaryl/α,β-unsaturated/α-hetero) is 1. The summed E-state index contributed by atoms with van der Waals surface area (Å²) in [5.74, 6) is 1.65. The Morgan fingerprint density at radius 1 is 0.970 bits per heavy atom. The molecule has 0 bridgehead atoms. The van der Waals surface area contributed by atoms with Crippen molar-refractivity contribution in [3.8, 4) is 22.8 Å². The Labute approximate surface area is 193 Å². The van der Waals surface area contributed by atoms with Crippen LogP contribution in [0.2, 0.25) is 0 Å². The van der Waals surface area contributed by atoms with Crippen molar-refractivity contribution in [2.24, 2.45) is 0 Å². The second kappa shape index (κ2) is 11.6. The summed E-state index contributed by atoms with van der Waals surface area (Å²) in [6, 6.07) is 15.3. The Hall–Kier alpha value is -3.94. The Kier molecular flexibility index (Phi) is 8.35. The number of carbonyl (C=O) groups is 2. The molecular formula is C25H28N4O4. The Bertz CT molecular complexity index is 1120. The van der Waals surface area contributed by atoms with Gasteiger partial charge in [-0.15, -0.1) is 0 Å². The van der Waals surface area contributed by atoms with Gasteiger partial charge < -0.3 is 20.1 Å². The van der Waals surface area contributed by atoms with Gasteiger partial charge in [0.25, 0.3) is 0 Å². The molecular weight excluding hydrogens is 420 g/mol. The normalized spacial score (nSPS) is 10.4. The molecule has 0 radical (unpaired) electrons. The van der Waals surface area contributed by atoms with Gasteiger partial charge in [0.1, 0.15) is 0 Å². The van der Waals surface area contributed by atoms with E-state index in [9.17, 15) is 9.59 Å².